The molecule has 0 aliphatic rings. The molecule has 5 rings (SSSR count). The van der Waals surface area contributed by atoms with Gasteiger partial charge in [-0.1, -0.05) is 79.5 Å². The zero-order valence-electron chi connectivity index (χ0n) is 23.2. The van der Waals surface area contributed by atoms with E-state index < -0.39 is 12.4 Å². The van der Waals surface area contributed by atoms with E-state index in [9.17, 15) is 5.11 Å². The fourth-order valence-electron chi connectivity index (χ4n) is 4.86. The number of aromatic amines is 1. The van der Waals surface area contributed by atoms with E-state index in [1.807, 2.05) is 34.9 Å². The molecule has 0 spiro atoms. The van der Waals surface area contributed by atoms with Crippen LogP contribution in [0.5, 0.6) is 0 Å². The van der Waals surface area contributed by atoms with Crippen LogP contribution in [-0.2, 0) is 22.4 Å². The molecule has 2 N–H and O–H groups in total. The van der Waals surface area contributed by atoms with Crippen molar-refractivity contribution in [2.24, 2.45) is 0 Å². The van der Waals surface area contributed by atoms with E-state index in [0.29, 0.717) is 23.8 Å². The largest absolute Gasteiger partial charge is 0.380 e. The first-order valence-electron chi connectivity index (χ1n) is 13.4. The predicted molar refractivity (Wildman–Crippen MR) is 155 cm³/mol. The normalized spacial score (nSPS) is 12.2. The number of aromatic nitrogens is 7. The molecule has 41 heavy (non-hydrogen) atoms. The quantitative estimate of drug-likeness (QED) is 0.186. The highest BCUT2D eigenvalue weighted by Gasteiger charge is 2.25. The Morgan fingerprint density at radius 2 is 1.76 bits per heavy atom. The number of unbranched alkanes of at least 4 members (excludes halogenated alkanes) is 1. The molecule has 0 fully saturated rings. The molecule has 0 saturated carbocycles. The zero-order valence-corrected chi connectivity index (χ0v) is 23.9. The highest BCUT2D eigenvalue weighted by Crippen LogP contribution is 2.32. The van der Waals surface area contributed by atoms with E-state index in [0.717, 1.165) is 52.9 Å². The molecule has 3 aromatic heterocycles. The fourth-order valence-corrected chi connectivity index (χ4v) is 5.16. The summed E-state index contributed by atoms with van der Waals surface area (Å²) >= 11 is 6.66. The van der Waals surface area contributed by atoms with Crippen molar-refractivity contribution in [3.63, 3.8) is 0 Å². The molecule has 5 aromatic rings. The first-order chi connectivity index (χ1) is 20.0. The Morgan fingerprint density at radius 3 is 2.39 bits per heavy atom. The lowest BCUT2D eigenvalue weighted by molar-refractivity contribution is -0.106. The third kappa shape index (κ3) is 6.20. The SMILES string of the molecule is CCCCc1nc(Cl)c(C(O)c2ccc(C(OC)OC)cn2)n1Cc1ccc(-c2ccccc2-c2nnn[nH]2)cc1. The van der Waals surface area contributed by atoms with Crippen LogP contribution in [-0.4, -0.2) is 54.5 Å². The summed E-state index contributed by atoms with van der Waals surface area (Å²) in [4.78, 5) is 9.13. The van der Waals surface area contributed by atoms with Gasteiger partial charge in [-0.2, -0.15) is 0 Å². The van der Waals surface area contributed by atoms with Crippen LogP contribution >= 0.6 is 11.6 Å². The minimum absolute atomic E-state index is 0.271. The topological polar surface area (TPSA) is 124 Å². The van der Waals surface area contributed by atoms with Crippen molar-refractivity contribution in [1.29, 1.82) is 0 Å². The van der Waals surface area contributed by atoms with Crippen molar-refractivity contribution < 1.29 is 14.6 Å². The Labute approximate surface area is 243 Å². The van der Waals surface area contributed by atoms with E-state index in [1.165, 1.54) is 0 Å². The number of aryl methyl sites for hydroxylation is 1. The van der Waals surface area contributed by atoms with Crippen LogP contribution in [0.15, 0.2) is 66.9 Å². The lowest BCUT2D eigenvalue weighted by Gasteiger charge is -2.18. The third-order valence-electron chi connectivity index (χ3n) is 6.98. The predicted octanol–water partition coefficient (Wildman–Crippen LogP) is 5.54. The Hall–Kier alpha value is -3.96. The monoisotopic (exact) mass is 573 g/mol. The lowest BCUT2D eigenvalue weighted by atomic mass is 9.98. The summed E-state index contributed by atoms with van der Waals surface area (Å²) in [6, 6.07) is 19.8. The van der Waals surface area contributed by atoms with Gasteiger partial charge in [0.15, 0.2) is 17.3 Å². The van der Waals surface area contributed by atoms with Gasteiger partial charge in [-0.25, -0.2) is 10.1 Å². The number of aliphatic hydroxyl groups is 1. The summed E-state index contributed by atoms with van der Waals surface area (Å²) in [5, 5.41) is 26.1. The van der Waals surface area contributed by atoms with Gasteiger partial charge in [-0.15, -0.1) is 5.10 Å². The molecule has 0 aliphatic carbocycles. The number of aliphatic hydroxyl groups excluding tert-OH is 1. The number of rotatable bonds is 12. The van der Waals surface area contributed by atoms with Gasteiger partial charge in [-0.3, -0.25) is 4.98 Å². The van der Waals surface area contributed by atoms with Gasteiger partial charge in [-0.05, 0) is 39.6 Å². The second kappa shape index (κ2) is 13.1. The molecule has 11 heteroatoms. The average Bonchev–Trinajstić information content (AvgIpc) is 3.65. The maximum atomic E-state index is 11.4. The van der Waals surface area contributed by atoms with E-state index in [1.54, 1.807) is 26.5 Å². The van der Waals surface area contributed by atoms with Crippen LogP contribution in [0.1, 0.15) is 60.5 Å². The highest BCUT2D eigenvalue weighted by atomic mass is 35.5. The number of ether oxygens (including phenoxy) is 2. The Morgan fingerprint density at radius 1 is 1.00 bits per heavy atom. The van der Waals surface area contributed by atoms with Crippen molar-refractivity contribution in [3.05, 3.63) is 100 Å². The Bertz CT molecular complexity index is 1550. The number of nitrogens with one attached hydrogen (secondary N) is 1. The second-order valence-electron chi connectivity index (χ2n) is 9.61. The molecule has 0 amide bonds. The summed E-state index contributed by atoms with van der Waals surface area (Å²) in [6.07, 6.45) is 2.75. The van der Waals surface area contributed by atoms with Crippen molar-refractivity contribution in [2.45, 2.75) is 45.1 Å². The molecular weight excluding hydrogens is 542 g/mol. The van der Waals surface area contributed by atoms with E-state index in [-0.39, 0.29) is 5.15 Å². The molecule has 2 aromatic carbocycles. The Balaban J connectivity index is 1.45. The highest BCUT2D eigenvalue weighted by molar-refractivity contribution is 6.30. The summed E-state index contributed by atoms with van der Waals surface area (Å²) in [7, 11) is 3.12. The second-order valence-corrected chi connectivity index (χ2v) is 9.97. The van der Waals surface area contributed by atoms with E-state index >= 15 is 0 Å². The number of hydrogen-bond donors (Lipinski definition) is 2. The third-order valence-corrected chi connectivity index (χ3v) is 7.25. The first-order valence-corrected chi connectivity index (χ1v) is 13.8. The number of halogens is 1. The van der Waals surface area contributed by atoms with Gasteiger partial charge in [0.1, 0.15) is 11.9 Å². The molecule has 3 heterocycles. The van der Waals surface area contributed by atoms with Gasteiger partial charge < -0.3 is 19.1 Å². The van der Waals surface area contributed by atoms with Gasteiger partial charge in [0, 0.05) is 44.5 Å². The number of H-pyrrole nitrogens is 1. The number of hydrogen-bond acceptors (Lipinski definition) is 8. The molecule has 212 valence electrons. The summed E-state index contributed by atoms with van der Waals surface area (Å²) in [5.74, 6) is 1.44. The van der Waals surface area contributed by atoms with Crippen LogP contribution in [0.4, 0.5) is 0 Å². The standard InChI is InChI=1S/C30H32ClN7O3/c1-4-5-10-25-33-28(31)26(27(39)24-16-15-21(17-32-24)30(40-2)41-3)38(25)18-19-11-13-20(14-12-19)22-8-6-7-9-23(22)29-34-36-37-35-29/h6-9,11-17,27,30,39H,4-5,10,18H2,1-3H3,(H,34,35,36,37). The smallest absolute Gasteiger partial charge is 0.184 e. The number of benzene rings is 2. The lowest BCUT2D eigenvalue weighted by Crippen LogP contribution is -2.14. The minimum Gasteiger partial charge on any atom is -0.380 e. The van der Waals surface area contributed by atoms with Crippen molar-refractivity contribution in [1.82, 2.24) is 35.2 Å². The van der Waals surface area contributed by atoms with Gasteiger partial charge in [0.05, 0.1) is 11.4 Å². The van der Waals surface area contributed by atoms with E-state index in [2.05, 4.69) is 61.8 Å². The number of pyridine rings is 1. The van der Waals surface area contributed by atoms with Crippen LogP contribution in [0.2, 0.25) is 5.15 Å². The molecular formula is C30H32ClN7O3. The Kier molecular flexibility index (Phi) is 9.15. The molecule has 1 atom stereocenters. The number of nitrogens with zero attached hydrogens (tertiary/aromatic N) is 6. The average molecular weight is 574 g/mol. The molecule has 0 saturated heterocycles. The minimum atomic E-state index is -1.07. The first kappa shape index (κ1) is 28.6. The number of imidazole rings is 1. The van der Waals surface area contributed by atoms with E-state index in [4.69, 9.17) is 21.1 Å². The van der Waals surface area contributed by atoms with Gasteiger partial charge in [0.2, 0.25) is 0 Å². The van der Waals surface area contributed by atoms with Gasteiger partial charge in [0.25, 0.3) is 0 Å². The summed E-state index contributed by atoms with van der Waals surface area (Å²) in [6.45, 7) is 2.63. The zero-order chi connectivity index (χ0) is 28.8. The number of methoxy groups -OCH3 is 2. The molecule has 0 radical (unpaired) electrons. The number of tetrazole rings is 1. The maximum Gasteiger partial charge on any atom is 0.184 e. The molecule has 0 bridgehead atoms. The van der Waals surface area contributed by atoms with Gasteiger partial charge >= 0.3 is 0 Å². The molecule has 1 unspecified atom stereocenters. The van der Waals surface area contributed by atoms with Crippen molar-refractivity contribution in [2.75, 3.05) is 14.2 Å². The van der Waals surface area contributed by atoms with Crippen LogP contribution in [0.3, 0.4) is 0 Å². The fraction of sp³-hybridized carbons (Fsp3) is 0.300. The van der Waals surface area contributed by atoms with Crippen LogP contribution in [0.25, 0.3) is 22.5 Å². The van der Waals surface area contributed by atoms with Crippen LogP contribution < -0.4 is 0 Å². The summed E-state index contributed by atoms with van der Waals surface area (Å²) in [5.41, 5.74) is 5.72. The van der Waals surface area contributed by atoms with Crippen molar-refractivity contribution >= 4 is 11.6 Å². The van der Waals surface area contributed by atoms with Crippen molar-refractivity contribution in [3.8, 4) is 22.5 Å². The molecule has 0 aliphatic heterocycles. The maximum absolute atomic E-state index is 11.4. The summed E-state index contributed by atoms with van der Waals surface area (Å²) < 4.78 is 12.6. The molecule has 10 nitrogen and oxygen atoms in total. The van der Waals surface area contributed by atoms with Crippen LogP contribution in [0, 0.1) is 0 Å².